The maximum atomic E-state index is 6.13. The van der Waals surface area contributed by atoms with Gasteiger partial charge in [0.25, 0.3) is 0 Å². The summed E-state index contributed by atoms with van der Waals surface area (Å²) >= 11 is 0. The van der Waals surface area contributed by atoms with E-state index in [-0.39, 0.29) is 0 Å². The standard InChI is InChI=1S/C11H24N2/c1-4-8-13(3)9-11(2)7-5-6-10(11)12/h10H,4-9,12H2,1-3H3. The van der Waals surface area contributed by atoms with Gasteiger partial charge in [-0.15, -0.1) is 0 Å². The van der Waals surface area contributed by atoms with Gasteiger partial charge in [-0.1, -0.05) is 20.3 Å². The van der Waals surface area contributed by atoms with Gasteiger partial charge in [0, 0.05) is 12.6 Å². The molecular weight excluding hydrogens is 160 g/mol. The van der Waals surface area contributed by atoms with Crippen molar-refractivity contribution in [3.8, 4) is 0 Å². The lowest BCUT2D eigenvalue weighted by molar-refractivity contribution is 0.178. The first-order chi connectivity index (χ1) is 6.08. The zero-order valence-corrected chi connectivity index (χ0v) is 9.34. The molecule has 2 atom stereocenters. The lowest BCUT2D eigenvalue weighted by Crippen LogP contribution is -2.43. The summed E-state index contributed by atoms with van der Waals surface area (Å²) in [6, 6.07) is 0.423. The Morgan fingerprint density at radius 1 is 1.54 bits per heavy atom. The van der Waals surface area contributed by atoms with Gasteiger partial charge >= 0.3 is 0 Å². The summed E-state index contributed by atoms with van der Waals surface area (Å²) in [6.07, 6.45) is 5.08. The van der Waals surface area contributed by atoms with E-state index >= 15 is 0 Å². The summed E-state index contributed by atoms with van der Waals surface area (Å²) in [5.74, 6) is 0. The van der Waals surface area contributed by atoms with Gasteiger partial charge in [-0.05, 0) is 38.3 Å². The molecule has 2 heteroatoms. The maximum Gasteiger partial charge on any atom is 0.0105 e. The zero-order valence-electron chi connectivity index (χ0n) is 9.34. The molecule has 1 aliphatic carbocycles. The average Bonchev–Trinajstić information content (AvgIpc) is 2.32. The lowest BCUT2D eigenvalue weighted by atomic mass is 9.84. The molecule has 0 aromatic heterocycles. The minimum Gasteiger partial charge on any atom is -0.327 e. The van der Waals surface area contributed by atoms with Crippen molar-refractivity contribution in [3.63, 3.8) is 0 Å². The zero-order chi connectivity index (χ0) is 9.90. The van der Waals surface area contributed by atoms with E-state index in [2.05, 4.69) is 25.8 Å². The third-order valence-electron chi connectivity index (χ3n) is 3.39. The fourth-order valence-electron chi connectivity index (χ4n) is 2.53. The van der Waals surface area contributed by atoms with E-state index in [1.54, 1.807) is 0 Å². The highest BCUT2D eigenvalue weighted by atomic mass is 15.1. The van der Waals surface area contributed by atoms with Crippen LogP contribution in [-0.2, 0) is 0 Å². The molecule has 78 valence electrons. The van der Waals surface area contributed by atoms with Gasteiger partial charge in [0.2, 0.25) is 0 Å². The molecule has 13 heavy (non-hydrogen) atoms. The quantitative estimate of drug-likeness (QED) is 0.722. The number of nitrogens with two attached hydrogens (primary N) is 1. The number of rotatable bonds is 4. The fraction of sp³-hybridized carbons (Fsp3) is 1.00. The molecule has 2 N–H and O–H groups in total. The van der Waals surface area contributed by atoms with Crippen molar-refractivity contribution in [1.29, 1.82) is 0 Å². The van der Waals surface area contributed by atoms with Crippen molar-refractivity contribution in [2.45, 2.75) is 45.6 Å². The van der Waals surface area contributed by atoms with E-state index in [0.29, 0.717) is 11.5 Å². The molecular formula is C11H24N2. The molecule has 0 spiro atoms. The number of hydrogen-bond acceptors (Lipinski definition) is 2. The molecule has 0 aromatic carbocycles. The summed E-state index contributed by atoms with van der Waals surface area (Å²) in [6.45, 7) is 6.94. The Balaban J connectivity index is 2.41. The Kier molecular flexibility index (Phi) is 3.74. The topological polar surface area (TPSA) is 29.3 Å². The summed E-state index contributed by atoms with van der Waals surface area (Å²) in [5.41, 5.74) is 6.51. The monoisotopic (exact) mass is 184 g/mol. The Bertz CT molecular complexity index is 158. The highest BCUT2D eigenvalue weighted by Crippen LogP contribution is 2.37. The van der Waals surface area contributed by atoms with Crippen molar-refractivity contribution < 1.29 is 0 Å². The summed E-state index contributed by atoms with van der Waals surface area (Å²) in [5, 5.41) is 0. The Morgan fingerprint density at radius 2 is 2.23 bits per heavy atom. The van der Waals surface area contributed by atoms with Crippen LogP contribution in [0.2, 0.25) is 0 Å². The molecule has 0 aliphatic heterocycles. The molecule has 0 amide bonds. The molecule has 1 aliphatic rings. The predicted molar refractivity (Wildman–Crippen MR) is 57.7 cm³/mol. The lowest BCUT2D eigenvalue weighted by Gasteiger charge is -2.33. The Hall–Kier alpha value is -0.0800. The Morgan fingerprint density at radius 3 is 2.69 bits per heavy atom. The van der Waals surface area contributed by atoms with Gasteiger partial charge in [0.05, 0.1) is 0 Å². The minimum atomic E-state index is 0.379. The van der Waals surface area contributed by atoms with E-state index in [4.69, 9.17) is 5.73 Å². The first-order valence-electron chi connectivity index (χ1n) is 5.52. The molecule has 1 fully saturated rings. The largest absolute Gasteiger partial charge is 0.327 e. The predicted octanol–water partition coefficient (Wildman–Crippen LogP) is 1.85. The summed E-state index contributed by atoms with van der Waals surface area (Å²) < 4.78 is 0. The van der Waals surface area contributed by atoms with Crippen molar-refractivity contribution in [2.75, 3.05) is 20.1 Å². The first kappa shape index (κ1) is 11.0. The van der Waals surface area contributed by atoms with Gasteiger partial charge in [-0.3, -0.25) is 0 Å². The second kappa shape index (κ2) is 4.43. The minimum absolute atomic E-state index is 0.379. The molecule has 2 unspecified atom stereocenters. The highest BCUT2D eigenvalue weighted by molar-refractivity contribution is 4.92. The van der Waals surface area contributed by atoms with E-state index < -0.39 is 0 Å². The van der Waals surface area contributed by atoms with Crippen molar-refractivity contribution >= 4 is 0 Å². The van der Waals surface area contributed by atoms with Gasteiger partial charge in [0.1, 0.15) is 0 Å². The average molecular weight is 184 g/mol. The normalized spacial score (nSPS) is 34.4. The van der Waals surface area contributed by atoms with Crippen LogP contribution in [0.3, 0.4) is 0 Å². The van der Waals surface area contributed by atoms with E-state index in [9.17, 15) is 0 Å². The summed E-state index contributed by atoms with van der Waals surface area (Å²) in [4.78, 5) is 2.42. The maximum absolute atomic E-state index is 6.13. The molecule has 1 saturated carbocycles. The molecule has 2 nitrogen and oxygen atoms in total. The smallest absolute Gasteiger partial charge is 0.0105 e. The number of nitrogens with zero attached hydrogens (tertiary/aromatic N) is 1. The first-order valence-corrected chi connectivity index (χ1v) is 5.52. The van der Waals surface area contributed by atoms with E-state index in [1.807, 2.05) is 0 Å². The van der Waals surface area contributed by atoms with E-state index in [0.717, 1.165) is 0 Å². The molecule has 0 bridgehead atoms. The second-order valence-corrected chi connectivity index (χ2v) is 4.89. The molecule has 1 rings (SSSR count). The van der Waals surface area contributed by atoms with Crippen LogP contribution in [0, 0.1) is 5.41 Å². The third kappa shape index (κ3) is 2.68. The third-order valence-corrected chi connectivity index (χ3v) is 3.39. The Labute approximate surface area is 82.5 Å². The van der Waals surface area contributed by atoms with Crippen LogP contribution in [0.25, 0.3) is 0 Å². The van der Waals surface area contributed by atoms with Crippen molar-refractivity contribution in [2.24, 2.45) is 11.1 Å². The molecule has 0 radical (unpaired) electrons. The number of hydrogen-bond donors (Lipinski definition) is 1. The second-order valence-electron chi connectivity index (χ2n) is 4.89. The SMILES string of the molecule is CCCN(C)CC1(C)CCCC1N. The van der Waals surface area contributed by atoms with Gasteiger partial charge in [-0.2, -0.15) is 0 Å². The van der Waals surface area contributed by atoms with Crippen LogP contribution < -0.4 is 5.73 Å². The summed E-state index contributed by atoms with van der Waals surface area (Å²) in [7, 11) is 2.21. The van der Waals surface area contributed by atoms with Crippen molar-refractivity contribution in [3.05, 3.63) is 0 Å². The van der Waals surface area contributed by atoms with Crippen LogP contribution >= 0.6 is 0 Å². The van der Waals surface area contributed by atoms with Crippen LogP contribution in [0.15, 0.2) is 0 Å². The fourth-order valence-corrected chi connectivity index (χ4v) is 2.53. The van der Waals surface area contributed by atoms with Gasteiger partial charge < -0.3 is 10.6 Å². The van der Waals surface area contributed by atoms with Crippen molar-refractivity contribution in [1.82, 2.24) is 4.90 Å². The van der Waals surface area contributed by atoms with Crippen LogP contribution in [0.5, 0.6) is 0 Å². The van der Waals surface area contributed by atoms with Crippen LogP contribution in [-0.4, -0.2) is 31.1 Å². The highest BCUT2D eigenvalue weighted by Gasteiger charge is 2.36. The van der Waals surface area contributed by atoms with Gasteiger partial charge in [0.15, 0.2) is 0 Å². The van der Waals surface area contributed by atoms with E-state index in [1.165, 1.54) is 38.8 Å². The van der Waals surface area contributed by atoms with Crippen LogP contribution in [0.4, 0.5) is 0 Å². The molecule has 0 saturated heterocycles. The molecule has 0 heterocycles. The van der Waals surface area contributed by atoms with Gasteiger partial charge in [-0.25, -0.2) is 0 Å². The van der Waals surface area contributed by atoms with Crippen LogP contribution in [0.1, 0.15) is 39.5 Å². The molecule has 0 aromatic rings.